The maximum Gasteiger partial charge on any atom is 0.221 e. The number of benzene rings is 1. The molecule has 0 aromatic heterocycles. The fourth-order valence-corrected chi connectivity index (χ4v) is 4.49. The number of nitrogens with one attached hydrogen (secondary N) is 2. The van der Waals surface area contributed by atoms with Crippen LogP contribution < -0.4 is 15.5 Å². The van der Waals surface area contributed by atoms with E-state index < -0.39 is 0 Å². The topological polar surface area (TPSA) is 44.4 Å². The van der Waals surface area contributed by atoms with E-state index in [1.807, 2.05) is 30.0 Å². The van der Waals surface area contributed by atoms with E-state index in [1.165, 1.54) is 0 Å². The number of thioether (sulfide) groups is 1. The maximum absolute atomic E-state index is 12.3. The molecular formula is C17H24ClN3OS. The normalized spacial score (nSPS) is 25.2. The van der Waals surface area contributed by atoms with Gasteiger partial charge in [-0.1, -0.05) is 23.7 Å². The van der Waals surface area contributed by atoms with E-state index in [4.69, 9.17) is 11.6 Å². The van der Waals surface area contributed by atoms with Crippen LogP contribution in [0.1, 0.15) is 19.3 Å². The van der Waals surface area contributed by atoms with Gasteiger partial charge >= 0.3 is 0 Å². The zero-order valence-electron chi connectivity index (χ0n) is 13.3. The summed E-state index contributed by atoms with van der Waals surface area (Å²) in [4.78, 5) is 14.6. The summed E-state index contributed by atoms with van der Waals surface area (Å²) in [5.74, 6) is 2.34. The first-order valence-corrected chi connectivity index (χ1v) is 9.85. The number of hydrogen-bond acceptors (Lipinski definition) is 4. The second kappa shape index (κ2) is 8.27. The molecule has 2 atom stereocenters. The number of piperidine rings is 1. The molecule has 3 rings (SSSR count). The molecule has 2 saturated heterocycles. The highest BCUT2D eigenvalue weighted by molar-refractivity contribution is 7.99. The minimum absolute atomic E-state index is 0.163. The van der Waals surface area contributed by atoms with Crippen LogP contribution in [0.4, 0.5) is 5.69 Å². The summed E-state index contributed by atoms with van der Waals surface area (Å²) < 4.78 is 0. The van der Waals surface area contributed by atoms with Crippen molar-refractivity contribution in [3.8, 4) is 0 Å². The van der Waals surface area contributed by atoms with Crippen molar-refractivity contribution >= 4 is 35.0 Å². The molecule has 6 heteroatoms. The monoisotopic (exact) mass is 353 g/mol. The quantitative estimate of drug-likeness (QED) is 0.873. The van der Waals surface area contributed by atoms with Gasteiger partial charge in [-0.2, -0.15) is 11.8 Å². The Morgan fingerprint density at radius 2 is 2.30 bits per heavy atom. The lowest BCUT2D eigenvalue weighted by Gasteiger charge is -2.35. The van der Waals surface area contributed by atoms with Gasteiger partial charge in [0, 0.05) is 49.6 Å². The number of carbonyl (C=O) groups excluding carboxylic acids is 1. The van der Waals surface area contributed by atoms with Gasteiger partial charge in [0.2, 0.25) is 5.91 Å². The van der Waals surface area contributed by atoms with Crippen molar-refractivity contribution in [2.75, 3.05) is 36.0 Å². The zero-order chi connectivity index (χ0) is 16.1. The molecule has 126 valence electrons. The molecule has 0 spiro atoms. The summed E-state index contributed by atoms with van der Waals surface area (Å²) in [6, 6.07) is 8.46. The van der Waals surface area contributed by atoms with Gasteiger partial charge < -0.3 is 15.5 Å². The van der Waals surface area contributed by atoms with Gasteiger partial charge in [0.1, 0.15) is 0 Å². The van der Waals surface area contributed by atoms with Gasteiger partial charge in [-0.15, -0.1) is 0 Å². The van der Waals surface area contributed by atoms with E-state index >= 15 is 0 Å². The lowest BCUT2D eigenvalue weighted by molar-refractivity contribution is -0.122. The molecule has 4 nitrogen and oxygen atoms in total. The molecule has 2 unspecified atom stereocenters. The Kier molecular flexibility index (Phi) is 6.08. The highest BCUT2D eigenvalue weighted by Gasteiger charge is 2.24. The van der Waals surface area contributed by atoms with Crippen LogP contribution in [0.5, 0.6) is 0 Å². The fourth-order valence-electron chi connectivity index (χ4n) is 3.28. The van der Waals surface area contributed by atoms with Gasteiger partial charge in [0.25, 0.3) is 0 Å². The molecule has 0 radical (unpaired) electrons. The Bertz CT molecular complexity index is 536. The lowest BCUT2D eigenvalue weighted by Crippen LogP contribution is -2.49. The van der Waals surface area contributed by atoms with Crippen molar-refractivity contribution in [3.05, 3.63) is 29.3 Å². The molecule has 2 fully saturated rings. The number of rotatable bonds is 4. The number of nitrogens with zero attached hydrogens (tertiary/aromatic N) is 1. The SMILES string of the molecule is O=C(CC1CSCCN1)NC1CCCN(c2ccccc2Cl)C1. The van der Waals surface area contributed by atoms with Crippen LogP contribution in [0, 0.1) is 0 Å². The van der Waals surface area contributed by atoms with Crippen molar-refractivity contribution in [2.24, 2.45) is 0 Å². The molecule has 1 aromatic carbocycles. The van der Waals surface area contributed by atoms with Crippen LogP contribution in [0.2, 0.25) is 5.02 Å². The minimum atomic E-state index is 0.163. The molecule has 0 aliphatic carbocycles. The van der Waals surface area contributed by atoms with Gasteiger partial charge in [0.15, 0.2) is 0 Å². The predicted molar refractivity (Wildman–Crippen MR) is 98.6 cm³/mol. The number of para-hydroxylation sites is 1. The smallest absolute Gasteiger partial charge is 0.221 e. The van der Waals surface area contributed by atoms with Gasteiger partial charge in [-0.05, 0) is 25.0 Å². The Hall–Kier alpha value is -0.910. The second-order valence-electron chi connectivity index (χ2n) is 6.23. The number of anilines is 1. The molecule has 2 N–H and O–H groups in total. The highest BCUT2D eigenvalue weighted by Crippen LogP contribution is 2.27. The van der Waals surface area contributed by atoms with Crippen molar-refractivity contribution in [1.29, 1.82) is 0 Å². The van der Waals surface area contributed by atoms with Crippen LogP contribution in [-0.2, 0) is 4.79 Å². The molecule has 2 aliphatic heterocycles. The fraction of sp³-hybridized carbons (Fsp3) is 0.588. The number of halogens is 1. The van der Waals surface area contributed by atoms with E-state index in [-0.39, 0.29) is 11.9 Å². The average Bonchev–Trinajstić information content (AvgIpc) is 2.56. The number of amides is 1. The van der Waals surface area contributed by atoms with Crippen molar-refractivity contribution < 1.29 is 4.79 Å². The van der Waals surface area contributed by atoms with E-state index in [1.54, 1.807) is 0 Å². The molecular weight excluding hydrogens is 330 g/mol. The van der Waals surface area contributed by atoms with Crippen LogP contribution in [0.25, 0.3) is 0 Å². The molecule has 0 saturated carbocycles. The first kappa shape index (κ1) is 16.9. The van der Waals surface area contributed by atoms with Crippen molar-refractivity contribution in [1.82, 2.24) is 10.6 Å². The third-order valence-corrected chi connectivity index (χ3v) is 5.86. The van der Waals surface area contributed by atoms with E-state index in [0.29, 0.717) is 12.5 Å². The third kappa shape index (κ3) is 4.78. The number of carbonyl (C=O) groups is 1. The second-order valence-corrected chi connectivity index (χ2v) is 7.79. The zero-order valence-corrected chi connectivity index (χ0v) is 14.8. The number of hydrogen-bond donors (Lipinski definition) is 2. The first-order valence-electron chi connectivity index (χ1n) is 8.32. The Balaban J connectivity index is 1.52. The predicted octanol–water partition coefficient (Wildman–Crippen LogP) is 2.52. The Morgan fingerprint density at radius 1 is 1.43 bits per heavy atom. The summed E-state index contributed by atoms with van der Waals surface area (Å²) in [5, 5.41) is 7.41. The minimum Gasteiger partial charge on any atom is -0.368 e. The average molecular weight is 354 g/mol. The standard InChI is InChI=1S/C17H24ClN3OS/c18-15-5-1-2-6-16(15)21-8-3-4-13(11-21)20-17(22)10-14-12-23-9-7-19-14/h1-2,5-6,13-14,19H,3-4,7-12H2,(H,20,22). The van der Waals surface area contributed by atoms with E-state index in [9.17, 15) is 4.79 Å². The van der Waals surface area contributed by atoms with Crippen LogP contribution in [-0.4, -0.2) is 49.1 Å². The molecule has 23 heavy (non-hydrogen) atoms. The summed E-state index contributed by atoms with van der Waals surface area (Å²) in [6.07, 6.45) is 2.70. The molecule has 1 amide bonds. The van der Waals surface area contributed by atoms with Crippen molar-refractivity contribution in [3.63, 3.8) is 0 Å². The summed E-state index contributed by atoms with van der Waals surface area (Å²) in [5.41, 5.74) is 1.07. The highest BCUT2D eigenvalue weighted by atomic mass is 35.5. The van der Waals surface area contributed by atoms with Crippen LogP contribution >= 0.6 is 23.4 Å². The van der Waals surface area contributed by atoms with Crippen molar-refractivity contribution in [2.45, 2.75) is 31.3 Å². The lowest BCUT2D eigenvalue weighted by atomic mass is 10.0. The molecule has 1 aromatic rings. The first-order chi connectivity index (χ1) is 11.2. The molecule has 0 bridgehead atoms. The van der Waals surface area contributed by atoms with Gasteiger partial charge in [-0.25, -0.2) is 0 Å². The Morgan fingerprint density at radius 3 is 3.09 bits per heavy atom. The largest absolute Gasteiger partial charge is 0.368 e. The third-order valence-electron chi connectivity index (χ3n) is 4.41. The summed E-state index contributed by atoms with van der Waals surface area (Å²) in [6.45, 7) is 2.84. The van der Waals surface area contributed by atoms with E-state index in [0.717, 1.165) is 54.7 Å². The van der Waals surface area contributed by atoms with E-state index in [2.05, 4.69) is 21.6 Å². The molecule has 2 aliphatic rings. The van der Waals surface area contributed by atoms with Gasteiger partial charge in [0.05, 0.1) is 10.7 Å². The maximum atomic E-state index is 12.3. The van der Waals surface area contributed by atoms with Crippen LogP contribution in [0.15, 0.2) is 24.3 Å². The van der Waals surface area contributed by atoms with Gasteiger partial charge in [-0.3, -0.25) is 4.79 Å². The summed E-state index contributed by atoms with van der Waals surface area (Å²) in [7, 11) is 0. The summed E-state index contributed by atoms with van der Waals surface area (Å²) >= 11 is 8.23. The molecule has 2 heterocycles. The Labute approximate surface area is 147 Å². The van der Waals surface area contributed by atoms with Crippen LogP contribution in [0.3, 0.4) is 0 Å².